The molecule has 7 nitrogen and oxygen atoms in total. The monoisotopic (exact) mass is 384 g/mol. The van der Waals surface area contributed by atoms with Gasteiger partial charge in [-0.15, -0.1) is 10.2 Å². The van der Waals surface area contributed by atoms with E-state index in [2.05, 4.69) is 15.5 Å². The first-order valence-electron chi connectivity index (χ1n) is 8.46. The Hall–Kier alpha value is -3.00. The van der Waals surface area contributed by atoms with Crippen LogP contribution in [0.4, 0.5) is 5.69 Å². The number of nitrogens with one attached hydrogen (secondary N) is 1. The summed E-state index contributed by atoms with van der Waals surface area (Å²) in [5, 5.41) is 14.6. The van der Waals surface area contributed by atoms with Crippen molar-refractivity contribution in [3.63, 3.8) is 0 Å². The van der Waals surface area contributed by atoms with E-state index in [1.165, 1.54) is 4.90 Å². The number of carbonyl (C=O) groups is 2. The van der Waals surface area contributed by atoms with Gasteiger partial charge in [-0.1, -0.05) is 17.7 Å². The van der Waals surface area contributed by atoms with Crippen LogP contribution in [-0.2, 0) is 16.0 Å². The van der Waals surface area contributed by atoms with Crippen LogP contribution in [0.1, 0.15) is 17.9 Å². The Labute approximate surface area is 161 Å². The Morgan fingerprint density at radius 3 is 2.67 bits per heavy atom. The van der Waals surface area contributed by atoms with Gasteiger partial charge < -0.3 is 14.6 Å². The Balaban J connectivity index is 1.46. The van der Waals surface area contributed by atoms with Crippen LogP contribution in [0, 0.1) is 6.92 Å². The van der Waals surface area contributed by atoms with Crippen molar-refractivity contribution in [3.05, 3.63) is 52.5 Å². The van der Waals surface area contributed by atoms with Crippen LogP contribution in [-0.4, -0.2) is 40.5 Å². The zero-order chi connectivity index (χ0) is 19.2. The van der Waals surface area contributed by atoms with Gasteiger partial charge in [0, 0.05) is 36.5 Å². The van der Waals surface area contributed by atoms with Crippen molar-refractivity contribution in [2.45, 2.75) is 19.8 Å². The number of thiophene rings is 1. The quantitative estimate of drug-likeness (QED) is 0.676. The number of rotatable bonds is 7. The second-order valence-electron chi connectivity index (χ2n) is 6.18. The number of hydrogen-bond donors (Lipinski definition) is 1. The summed E-state index contributed by atoms with van der Waals surface area (Å²) >= 11 is 1.55. The Kier molecular flexibility index (Phi) is 5.97. The summed E-state index contributed by atoms with van der Waals surface area (Å²) in [6.07, 6.45) is 0.527. The van der Waals surface area contributed by atoms with Gasteiger partial charge in [0.15, 0.2) is 0 Å². The van der Waals surface area contributed by atoms with Crippen molar-refractivity contribution >= 4 is 28.8 Å². The molecule has 0 atom stereocenters. The van der Waals surface area contributed by atoms with Gasteiger partial charge in [-0.3, -0.25) is 9.59 Å². The van der Waals surface area contributed by atoms with Crippen LogP contribution in [0.15, 0.2) is 45.5 Å². The van der Waals surface area contributed by atoms with Gasteiger partial charge >= 0.3 is 0 Å². The van der Waals surface area contributed by atoms with Crippen LogP contribution < -0.4 is 5.32 Å². The predicted molar refractivity (Wildman–Crippen MR) is 103 cm³/mol. The molecule has 2 heterocycles. The largest absolute Gasteiger partial charge is 0.421 e. The summed E-state index contributed by atoms with van der Waals surface area (Å²) in [5.41, 5.74) is 2.69. The van der Waals surface area contributed by atoms with E-state index in [0.717, 1.165) is 11.1 Å². The first-order valence-corrected chi connectivity index (χ1v) is 9.41. The van der Waals surface area contributed by atoms with Crippen molar-refractivity contribution in [3.8, 4) is 11.5 Å². The van der Waals surface area contributed by atoms with Crippen molar-refractivity contribution in [1.29, 1.82) is 0 Å². The molecule has 0 spiro atoms. The fourth-order valence-electron chi connectivity index (χ4n) is 2.40. The molecule has 0 aliphatic carbocycles. The highest BCUT2D eigenvalue weighted by Gasteiger charge is 2.15. The number of aromatic nitrogens is 2. The highest BCUT2D eigenvalue weighted by Crippen LogP contribution is 2.20. The topological polar surface area (TPSA) is 88.3 Å². The zero-order valence-electron chi connectivity index (χ0n) is 15.1. The lowest BCUT2D eigenvalue weighted by Gasteiger charge is -2.16. The van der Waals surface area contributed by atoms with E-state index in [-0.39, 0.29) is 24.8 Å². The fourth-order valence-corrected chi connectivity index (χ4v) is 3.03. The van der Waals surface area contributed by atoms with E-state index in [9.17, 15) is 9.59 Å². The van der Waals surface area contributed by atoms with Gasteiger partial charge in [0.1, 0.15) is 0 Å². The van der Waals surface area contributed by atoms with Crippen molar-refractivity contribution in [2.75, 3.05) is 18.9 Å². The van der Waals surface area contributed by atoms with E-state index in [4.69, 9.17) is 4.42 Å². The second-order valence-corrected chi connectivity index (χ2v) is 6.96. The molecule has 0 radical (unpaired) electrons. The lowest BCUT2D eigenvalue weighted by Crippen LogP contribution is -2.35. The molecular weight excluding hydrogens is 364 g/mol. The highest BCUT2D eigenvalue weighted by molar-refractivity contribution is 7.08. The smallest absolute Gasteiger partial charge is 0.248 e. The van der Waals surface area contributed by atoms with Gasteiger partial charge in [-0.05, 0) is 30.5 Å². The van der Waals surface area contributed by atoms with E-state index in [1.807, 2.05) is 48.0 Å². The molecule has 140 valence electrons. The molecule has 27 heavy (non-hydrogen) atoms. The Morgan fingerprint density at radius 1 is 1.19 bits per heavy atom. The Morgan fingerprint density at radius 2 is 1.96 bits per heavy atom. The van der Waals surface area contributed by atoms with E-state index in [0.29, 0.717) is 23.9 Å². The van der Waals surface area contributed by atoms with E-state index >= 15 is 0 Å². The number of carbonyl (C=O) groups excluding carboxylic acids is 2. The van der Waals surface area contributed by atoms with Crippen LogP contribution in [0.2, 0.25) is 0 Å². The third-order valence-electron chi connectivity index (χ3n) is 3.93. The fraction of sp³-hybridized carbons (Fsp3) is 0.263. The Bertz CT molecular complexity index is 903. The molecule has 0 aliphatic heterocycles. The normalized spacial score (nSPS) is 10.6. The minimum Gasteiger partial charge on any atom is -0.421 e. The molecule has 1 aromatic carbocycles. The maximum Gasteiger partial charge on any atom is 0.248 e. The summed E-state index contributed by atoms with van der Waals surface area (Å²) in [5.74, 6) is 0.447. The second kappa shape index (κ2) is 8.59. The summed E-state index contributed by atoms with van der Waals surface area (Å²) in [6.45, 7) is 1.96. The molecule has 0 fully saturated rings. The molecule has 3 aromatic rings. The maximum absolute atomic E-state index is 12.2. The van der Waals surface area contributed by atoms with Crippen molar-refractivity contribution in [1.82, 2.24) is 15.1 Å². The standard InChI is InChI=1S/C19H20N4O3S/c1-13-3-5-15(6-4-13)20-16(24)11-23(2)18(25)8-7-17-21-22-19(26-17)14-9-10-27-12-14/h3-6,9-10,12H,7-8,11H2,1-2H3,(H,20,24). The molecule has 0 aliphatic rings. The minimum absolute atomic E-state index is 0.0172. The van der Waals surface area contributed by atoms with Crippen LogP contribution in [0.3, 0.4) is 0 Å². The third-order valence-corrected chi connectivity index (χ3v) is 4.61. The van der Waals surface area contributed by atoms with Gasteiger partial charge in [0.2, 0.25) is 23.6 Å². The summed E-state index contributed by atoms with van der Waals surface area (Å²) < 4.78 is 5.56. The third kappa shape index (κ3) is 5.24. The number of nitrogens with zero attached hydrogens (tertiary/aromatic N) is 3. The number of hydrogen-bond acceptors (Lipinski definition) is 6. The van der Waals surface area contributed by atoms with Gasteiger partial charge in [-0.2, -0.15) is 11.3 Å². The van der Waals surface area contributed by atoms with E-state index < -0.39 is 0 Å². The lowest BCUT2D eigenvalue weighted by molar-refractivity contribution is -0.133. The number of aryl methyl sites for hydroxylation is 2. The molecule has 0 unspecified atom stereocenters. The summed E-state index contributed by atoms with van der Waals surface area (Å²) in [4.78, 5) is 25.7. The van der Waals surface area contributed by atoms with Gasteiger partial charge in [0.25, 0.3) is 0 Å². The van der Waals surface area contributed by atoms with Crippen LogP contribution in [0.25, 0.3) is 11.5 Å². The molecule has 3 rings (SSSR count). The van der Waals surface area contributed by atoms with Gasteiger partial charge in [-0.25, -0.2) is 0 Å². The number of likely N-dealkylation sites (N-methyl/N-ethyl adjacent to an activating group) is 1. The average Bonchev–Trinajstić information content (AvgIpc) is 3.33. The predicted octanol–water partition coefficient (Wildman–Crippen LogP) is 3.14. The molecule has 0 saturated carbocycles. The molecular formula is C19H20N4O3S. The lowest BCUT2D eigenvalue weighted by atomic mass is 10.2. The van der Waals surface area contributed by atoms with Crippen LogP contribution in [0.5, 0.6) is 0 Å². The minimum atomic E-state index is -0.243. The first-order chi connectivity index (χ1) is 13.0. The SMILES string of the molecule is Cc1ccc(NC(=O)CN(C)C(=O)CCc2nnc(-c3ccsc3)o2)cc1. The average molecular weight is 384 g/mol. The van der Waals surface area contributed by atoms with E-state index in [1.54, 1.807) is 18.4 Å². The van der Waals surface area contributed by atoms with Crippen LogP contribution >= 0.6 is 11.3 Å². The molecule has 2 aromatic heterocycles. The van der Waals surface area contributed by atoms with Gasteiger partial charge in [0.05, 0.1) is 6.54 Å². The zero-order valence-corrected chi connectivity index (χ0v) is 16.0. The highest BCUT2D eigenvalue weighted by atomic mass is 32.1. The summed E-state index contributed by atoms with van der Waals surface area (Å²) in [7, 11) is 1.60. The number of amides is 2. The maximum atomic E-state index is 12.2. The molecule has 8 heteroatoms. The first kappa shape index (κ1) is 18.8. The van der Waals surface area contributed by atoms with Crippen molar-refractivity contribution < 1.29 is 14.0 Å². The molecule has 0 bridgehead atoms. The number of anilines is 1. The molecule has 2 amide bonds. The van der Waals surface area contributed by atoms with Crippen molar-refractivity contribution in [2.24, 2.45) is 0 Å². The number of benzene rings is 1. The summed E-state index contributed by atoms with van der Waals surface area (Å²) in [6, 6.07) is 9.39. The molecule has 0 saturated heterocycles. The molecule has 1 N–H and O–H groups in total.